The average Bonchev–Trinajstić information content (AvgIpc) is 3.19. The second-order valence-electron chi connectivity index (χ2n) is 4.99. The lowest BCUT2D eigenvalue weighted by Crippen LogP contribution is -1.86. The minimum Gasteiger partial charge on any atom is -0.360 e. The van der Waals surface area contributed by atoms with Gasteiger partial charge in [0.1, 0.15) is 11.5 Å². The fraction of sp³-hybridized carbons (Fsp3) is 0.312. The Balaban J connectivity index is 2.16. The highest BCUT2D eigenvalue weighted by molar-refractivity contribution is 6.39. The van der Waals surface area contributed by atoms with E-state index in [-0.39, 0.29) is 0 Å². The highest BCUT2D eigenvalue weighted by Gasteiger charge is 2.32. The van der Waals surface area contributed by atoms with E-state index in [0.29, 0.717) is 16.0 Å². The molecule has 0 spiro atoms. The van der Waals surface area contributed by atoms with Gasteiger partial charge in [-0.15, -0.1) is 0 Å². The first-order valence-corrected chi connectivity index (χ1v) is 7.58. The fourth-order valence-corrected chi connectivity index (χ4v) is 2.83. The molecule has 3 rings (SSSR count). The van der Waals surface area contributed by atoms with Crippen LogP contribution in [-0.2, 0) is 0 Å². The number of rotatable bonds is 4. The highest BCUT2D eigenvalue weighted by atomic mass is 35.5. The molecule has 104 valence electrons. The maximum Gasteiger partial charge on any atom is 0.147 e. The lowest BCUT2D eigenvalue weighted by Gasteiger charge is -2.04. The molecule has 4 heteroatoms. The molecule has 1 aromatic heterocycles. The van der Waals surface area contributed by atoms with E-state index in [1.54, 1.807) is 0 Å². The lowest BCUT2D eigenvalue weighted by atomic mass is 10.0. The van der Waals surface area contributed by atoms with Crippen LogP contribution in [0.2, 0.25) is 10.0 Å². The van der Waals surface area contributed by atoms with Crippen molar-refractivity contribution in [2.45, 2.75) is 32.1 Å². The molecule has 0 N–H and O–H groups in total. The van der Waals surface area contributed by atoms with Crippen LogP contribution >= 0.6 is 23.2 Å². The van der Waals surface area contributed by atoms with Crippen LogP contribution in [-0.4, -0.2) is 5.16 Å². The molecule has 0 atom stereocenters. The molecular formula is C16H15Cl2NO. The van der Waals surface area contributed by atoms with Gasteiger partial charge < -0.3 is 4.52 Å². The van der Waals surface area contributed by atoms with Crippen molar-refractivity contribution in [1.82, 2.24) is 5.16 Å². The molecule has 0 radical (unpaired) electrons. The van der Waals surface area contributed by atoms with Crippen LogP contribution in [0.25, 0.3) is 17.3 Å². The van der Waals surface area contributed by atoms with Crippen LogP contribution in [0.15, 0.2) is 28.8 Å². The van der Waals surface area contributed by atoms with Gasteiger partial charge >= 0.3 is 0 Å². The van der Waals surface area contributed by atoms with Gasteiger partial charge in [-0.1, -0.05) is 53.5 Å². The van der Waals surface area contributed by atoms with Gasteiger partial charge in [-0.25, -0.2) is 0 Å². The SMILES string of the molecule is CC/C=C/c1c(-c2c(Cl)cccc2Cl)noc1C1CC1. The zero-order chi connectivity index (χ0) is 14.1. The molecule has 0 bridgehead atoms. The number of hydrogen-bond acceptors (Lipinski definition) is 2. The number of hydrogen-bond donors (Lipinski definition) is 0. The molecule has 1 fully saturated rings. The smallest absolute Gasteiger partial charge is 0.147 e. The summed E-state index contributed by atoms with van der Waals surface area (Å²) in [5, 5.41) is 5.42. The third-order valence-corrected chi connectivity index (χ3v) is 4.05. The van der Waals surface area contributed by atoms with Crippen molar-refractivity contribution in [3.63, 3.8) is 0 Å². The average molecular weight is 308 g/mol. The summed E-state index contributed by atoms with van der Waals surface area (Å²) in [7, 11) is 0. The van der Waals surface area contributed by atoms with E-state index >= 15 is 0 Å². The van der Waals surface area contributed by atoms with Gasteiger partial charge in [-0.2, -0.15) is 0 Å². The Kier molecular flexibility index (Phi) is 3.86. The van der Waals surface area contributed by atoms with Crippen molar-refractivity contribution in [3.05, 3.63) is 45.6 Å². The molecule has 1 heterocycles. The summed E-state index contributed by atoms with van der Waals surface area (Å²) in [5.41, 5.74) is 2.51. The second kappa shape index (κ2) is 5.63. The Hall–Kier alpha value is -1.25. The molecule has 1 aromatic carbocycles. The molecule has 0 aliphatic heterocycles. The monoisotopic (exact) mass is 307 g/mol. The van der Waals surface area contributed by atoms with Gasteiger partial charge in [-0.3, -0.25) is 0 Å². The fourth-order valence-electron chi connectivity index (χ4n) is 2.25. The molecule has 2 nitrogen and oxygen atoms in total. The van der Waals surface area contributed by atoms with Gasteiger partial charge in [0.15, 0.2) is 0 Å². The molecule has 20 heavy (non-hydrogen) atoms. The van der Waals surface area contributed by atoms with E-state index in [4.69, 9.17) is 27.7 Å². The molecule has 0 unspecified atom stereocenters. The van der Waals surface area contributed by atoms with E-state index in [9.17, 15) is 0 Å². The lowest BCUT2D eigenvalue weighted by molar-refractivity contribution is 0.386. The number of aromatic nitrogens is 1. The normalized spacial score (nSPS) is 15.2. The molecule has 0 saturated heterocycles. The van der Waals surface area contributed by atoms with Crippen molar-refractivity contribution >= 4 is 29.3 Å². The van der Waals surface area contributed by atoms with Crippen molar-refractivity contribution in [2.24, 2.45) is 0 Å². The van der Waals surface area contributed by atoms with Crippen LogP contribution < -0.4 is 0 Å². The van der Waals surface area contributed by atoms with Gasteiger partial charge in [0, 0.05) is 17.0 Å². The first kappa shape index (κ1) is 13.7. The molecular weight excluding hydrogens is 293 g/mol. The largest absolute Gasteiger partial charge is 0.360 e. The van der Waals surface area contributed by atoms with E-state index in [1.807, 2.05) is 18.2 Å². The van der Waals surface area contributed by atoms with E-state index < -0.39 is 0 Å². The topological polar surface area (TPSA) is 26.0 Å². The second-order valence-corrected chi connectivity index (χ2v) is 5.81. The third-order valence-electron chi connectivity index (χ3n) is 3.42. The number of nitrogens with zero attached hydrogens (tertiary/aromatic N) is 1. The van der Waals surface area contributed by atoms with Gasteiger partial charge in [-0.05, 0) is 31.4 Å². The number of halogens is 2. The Morgan fingerprint density at radius 2 is 2.00 bits per heavy atom. The molecule has 1 aliphatic carbocycles. The Morgan fingerprint density at radius 1 is 1.30 bits per heavy atom. The summed E-state index contributed by atoms with van der Waals surface area (Å²) in [6.07, 6.45) is 7.46. The summed E-state index contributed by atoms with van der Waals surface area (Å²) in [6.45, 7) is 2.10. The summed E-state index contributed by atoms with van der Waals surface area (Å²) < 4.78 is 5.56. The predicted octanol–water partition coefficient (Wildman–Crippen LogP) is 5.95. The molecule has 1 saturated carbocycles. The first-order valence-electron chi connectivity index (χ1n) is 6.82. The van der Waals surface area contributed by atoms with Gasteiger partial charge in [0.25, 0.3) is 0 Å². The predicted molar refractivity (Wildman–Crippen MR) is 83.3 cm³/mol. The maximum atomic E-state index is 6.28. The van der Waals surface area contributed by atoms with Crippen molar-refractivity contribution in [1.29, 1.82) is 0 Å². The van der Waals surface area contributed by atoms with Crippen LogP contribution in [0.5, 0.6) is 0 Å². The molecule has 0 amide bonds. The van der Waals surface area contributed by atoms with Crippen molar-refractivity contribution in [3.8, 4) is 11.3 Å². The van der Waals surface area contributed by atoms with Crippen LogP contribution in [0, 0.1) is 0 Å². The summed E-state index contributed by atoms with van der Waals surface area (Å²) in [5.74, 6) is 1.45. The van der Waals surface area contributed by atoms with Crippen molar-refractivity contribution in [2.75, 3.05) is 0 Å². The minimum absolute atomic E-state index is 0.494. The third kappa shape index (κ3) is 2.50. The highest BCUT2D eigenvalue weighted by Crippen LogP contribution is 2.46. The van der Waals surface area contributed by atoms with E-state index in [0.717, 1.165) is 41.8 Å². The van der Waals surface area contributed by atoms with E-state index in [2.05, 4.69) is 24.2 Å². The standard InChI is InChI=1S/C16H15Cl2NO/c1-2-3-5-11-15(19-20-16(11)10-8-9-10)14-12(17)6-4-7-13(14)18/h3-7,10H,2,8-9H2,1H3/b5-3+. The summed E-state index contributed by atoms with van der Waals surface area (Å²) in [4.78, 5) is 0. The van der Waals surface area contributed by atoms with Gasteiger partial charge in [0.2, 0.25) is 0 Å². The van der Waals surface area contributed by atoms with Crippen LogP contribution in [0.1, 0.15) is 43.4 Å². The van der Waals surface area contributed by atoms with Crippen molar-refractivity contribution < 1.29 is 4.52 Å². The zero-order valence-electron chi connectivity index (χ0n) is 11.2. The molecule has 1 aliphatic rings. The summed E-state index contributed by atoms with van der Waals surface area (Å²) in [6, 6.07) is 5.47. The van der Waals surface area contributed by atoms with E-state index in [1.165, 1.54) is 0 Å². The maximum absolute atomic E-state index is 6.28. The minimum atomic E-state index is 0.494. The number of allylic oxidation sites excluding steroid dienone is 1. The van der Waals surface area contributed by atoms with Gasteiger partial charge in [0.05, 0.1) is 10.0 Å². The first-order chi connectivity index (χ1) is 9.72. The quantitative estimate of drug-likeness (QED) is 0.697. The number of benzene rings is 1. The van der Waals surface area contributed by atoms with Crippen LogP contribution in [0.4, 0.5) is 0 Å². The summed E-state index contributed by atoms with van der Waals surface area (Å²) >= 11 is 12.6. The Morgan fingerprint density at radius 3 is 2.60 bits per heavy atom. The molecule has 2 aromatic rings. The Bertz CT molecular complexity index is 636. The van der Waals surface area contributed by atoms with Crippen LogP contribution in [0.3, 0.4) is 0 Å². The zero-order valence-corrected chi connectivity index (χ0v) is 12.7. The Labute approximate surface area is 128 Å².